The van der Waals surface area contributed by atoms with Gasteiger partial charge in [-0.15, -0.1) is 0 Å². The van der Waals surface area contributed by atoms with Crippen molar-refractivity contribution >= 4 is 5.96 Å². The average Bonchev–Trinajstić information content (AvgIpc) is 2.46. The molecule has 20 heavy (non-hydrogen) atoms. The van der Waals surface area contributed by atoms with Crippen LogP contribution in [0.1, 0.15) is 32.3 Å². The Morgan fingerprint density at radius 2 is 2.45 bits per heavy atom. The van der Waals surface area contributed by atoms with Crippen LogP contribution in [0.4, 0.5) is 0 Å². The summed E-state index contributed by atoms with van der Waals surface area (Å²) < 4.78 is 5.50. The van der Waals surface area contributed by atoms with Crippen LogP contribution in [0.15, 0.2) is 23.3 Å². The number of pyridine rings is 1. The van der Waals surface area contributed by atoms with E-state index in [2.05, 4.69) is 21.8 Å². The van der Waals surface area contributed by atoms with Crippen LogP contribution in [0.3, 0.4) is 0 Å². The minimum atomic E-state index is 0.514. The molecule has 0 bridgehead atoms. The van der Waals surface area contributed by atoms with Crippen LogP contribution in [0.2, 0.25) is 0 Å². The molecule has 1 aromatic rings. The van der Waals surface area contributed by atoms with Gasteiger partial charge in [0.25, 0.3) is 0 Å². The SMILES string of the molecule is CCOc1ncccc1CN=C(N)N1CCCC(C)C1. The quantitative estimate of drug-likeness (QED) is 0.675. The fourth-order valence-electron chi connectivity index (χ4n) is 2.47. The molecule has 5 heteroatoms. The molecule has 1 aromatic heterocycles. The van der Waals surface area contributed by atoms with E-state index < -0.39 is 0 Å². The summed E-state index contributed by atoms with van der Waals surface area (Å²) >= 11 is 0. The van der Waals surface area contributed by atoms with Crippen LogP contribution >= 0.6 is 0 Å². The zero-order valence-electron chi connectivity index (χ0n) is 12.4. The molecule has 1 unspecified atom stereocenters. The van der Waals surface area contributed by atoms with Crippen molar-refractivity contribution in [1.82, 2.24) is 9.88 Å². The summed E-state index contributed by atoms with van der Waals surface area (Å²) in [7, 11) is 0. The molecular weight excluding hydrogens is 252 g/mol. The highest BCUT2D eigenvalue weighted by atomic mass is 16.5. The Hall–Kier alpha value is -1.78. The van der Waals surface area contributed by atoms with E-state index in [1.807, 2.05) is 19.1 Å². The van der Waals surface area contributed by atoms with Gasteiger partial charge >= 0.3 is 0 Å². The van der Waals surface area contributed by atoms with Crippen molar-refractivity contribution in [2.24, 2.45) is 16.6 Å². The number of likely N-dealkylation sites (tertiary alicyclic amines) is 1. The first kappa shape index (κ1) is 14.6. The maximum absolute atomic E-state index is 6.10. The molecule has 2 rings (SSSR count). The second kappa shape index (κ2) is 7.12. The molecule has 1 fully saturated rings. The molecule has 0 saturated carbocycles. The Labute approximate surface area is 120 Å². The van der Waals surface area contributed by atoms with E-state index >= 15 is 0 Å². The van der Waals surface area contributed by atoms with Crippen molar-refractivity contribution in [3.8, 4) is 5.88 Å². The van der Waals surface area contributed by atoms with Crippen LogP contribution in [-0.4, -0.2) is 35.5 Å². The van der Waals surface area contributed by atoms with Crippen molar-refractivity contribution in [2.75, 3.05) is 19.7 Å². The van der Waals surface area contributed by atoms with Crippen LogP contribution in [0.25, 0.3) is 0 Å². The fourth-order valence-corrected chi connectivity index (χ4v) is 2.47. The lowest BCUT2D eigenvalue weighted by Gasteiger charge is -2.31. The lowest BCUT2D eigenvalue weighted by atomic mass is 10.0. The molecule has 0 amide bonds. The van der Waals surface area contributed by atoms with Gasteiger partial charge in [-0.05, 0) is 31.7 Å². The first-order valence-corrected chi connectivity index (χ1v) is 7.32. The van der Waals surface area contributed by atoms with E-state index in [9.17, 15) is 0 Å². The molecule has 1 aliphatic rings. The van der Waals surface area contributed by atoms with Gasteiger partial charge in [-0.1, -0.05) is 13.0 Å². The molecule has 0 aromatic carbocycles. The summed E-state index contributed by atoms with van der Waals surface area (Å²) in [5, 5.41) is 0. The van der Waals surface area contributed by atoms with Crippen molar-refractivity contribution in [3.63, 3.8) is 0 Å². The van der Waals surface area contributed by atoms with Crippen LogP contribution in [0, 0.1) is 5.92 Å². The molecule has 2 N–H and O–H groups in total. The van der Waals surface area contributed by atoms with E-state index in [-0.39, 0.29) is 0 Å². The number of hydrogen-bond acceptors (Lipinski definition) is 3. The maximum Gasteiger partial charge on any atom is 0.218 e. The Bertz CT molecular complexity index is 461. The Balaban J connectivity index is 2.01. The Kier molecular flexibility index (Phi) is 5.21. The summed E-state index contributed by atoms with van der Waals surface area (Å²) in [5.41, 5.74) is 7.07. The largest absolute Gasteiger partial charge is 0.478 e. The van der Waals surface area contributed by atoms with Gasteiger partial charge in [-0.2, -0.15) is 0 Å². The second-order valence-electron chi connectivity index (χ2n) is 5.27. The summed E-state index contributed by atoms with van der Waals surface area (Å²) in [6.07, 6.45) is 4.20. The predicted molar refractivity (Wildman–Crippen MR) is 80.7 cm³/mol. The van der Waals surface area contributed by atoms with Gasteiger partial charge in [0.15, 0.2) is 5.96 Å². The number of rotatable bonds is 4. The third kappa shape index (κ3) is 3.85. The molecular formula is C15H24N4O. The molecule has 2 heterocycles. The number of nitrogens with two attached hydrogens (primary N) is 1. The highest BCUT2D eigenvalue weighted by Crippen LogP contribution is 2.17. The van der Waals surface area contributed by atoms with E-state index in [4.69, 9.17) is 10.5 Å². The monoisotopic (exact) mass is 276 g/mol. The van der Waals surface area contributed by atoms with E-state index in [0.29, 0.717) is 30.9 Å². The van der Waals surface area contributed by atoms with Gasteiger partial charge in [0.1, 0.15) is 0 Å². The second-order valence-corrected chi connectivity index (χ2v) is 5.27. The number of nitrogens with zero attached hydrogens (tertiary/aromatic N) is 3. The lowest BCUT2D eigenvalue weighted by Crippen LogP contribution is -2.43. The lowest BCUT2D eigenvalue weighted by molar-refractivity contribution is 0.270. The molecule has 0 radical (unpaired) electrons. The number of hydrogen-bond donors (Lipinski definition) is 1. The van der Waals surface area contributed by atoms with Gasteiger partial charge in [0.05, 0.1) is 13.2 Å². The Morgan fingerprint density at radius 1 is 1.60 bits per heavy atom. The van der Waals surface area contributed by atoms with Crippen LogP contribution in [-0.2, 0) is 6.54 Å². The third-order valence-electron chi connectivity index (χ3n) is 3.52. The van der Waals surface area contributed by atoms with Crippen molar-refractivity contribution in [3.05, 3.63) is 23.9 Å². The van der Waals surface area contributed by atoms with Gasteiger partial charge in [0, 0.05) is 24.8 Å². The van der Waals surface area contributed by atoms with E-state index in [0.717, 1.165) is 18.7 Å². The molecule has 1 aliphatic heterocycles. The van der Waals surface area contributed by atoms with Crippen LogP contribution in [0.5, 0.6) is 5.88 Å². The number of ether oxygens (including phenoxy) is 1. The highest BCUT2D eigenvalue weighted by molar-refractivity contribution is 5.78. The third-order valence-corrected chi connectivity index (χ3v) is 3.52. The smallest absolute Gasteiger partial charge is 0.218 e. The minimum Gasteiger partial charge on any atom is -0.478 e. The molecule has 1 atom stereocenters. The standard InChI is InChI=1S/C15H24N4O/c1-3-20-14-13(7-4-8-17-14)10-18-15(16)19-9-5-6-12(2)11-19/h4,7-8,12H,3,5-6,9-11H2,1-2H3,(H2,16,18). The first-order valence-electron chi connectivity index (χ1n) is 7.32. The highest BCUT2D eigenvalue weighted by Gasteiger charge is 2.17. The van der Waals surface area contributed by atoms with Crippen molar-refractivity contribution < 1.29 is 4.74 Å². The molecule has 0 spiro atoms. The molecule has 110 valence electrons. The summed E-state index contributed by atoms with van der Waals surface area (Å²) in [5.74, 6) is 1.97. The number of aliphatic imine (C=N–C) groups is 1. The maximum atomic E-state index is 6.10. The number of piperidine rings is 1. The first-order chi connectivity index (χ1) is 9.70. The molecule has 1 saturated heterocycles. The van der Waals surface area contributed by atoms with Crippen LogP contribution < -0.4 is 10.5 Å². The summed E-state index contributed by atoms with van der Waals surface area (Å²) in [6.45, 7) is 7.33. The summed E-state index contributed by atoms with van der Waals surface area (Å²) in [6, 6.07) is 3.88. The normalized spacial score (nSPS) is 20.0. The van der Waals surface area contributed by atoms with E-state index in [1.165, 1.54) is 12.8 Å². The zero-order valence-corrected chi connectivity index (χ0v) is 12.4. The molecule has 0 aliphatic carbocycles. The van der Waals surface area contributed by atoms with Gasteiger partial charge in [0.2, 0.25) is 5.88 Å². The predicted octanol–water partition coefficient (Wildman–Crippen LogP) is 2.03. The van der Waals surface area contributed by atoms with E-state index in [1.54, 1.807) is 6.20 Å². The van der Waals surface area contributed by atoms with Crippen molar-refractivity contribution in [2.45, 2.75) is 33.2 Å². The topological polar surface area (TPSA) is 63.7 Å². The fraction of sp³-hybridized carbons (Fsp3) is 0.600. The Morgan fingerprint density at radius 3 is 3.20 bits per heavy atom. The number of aromatic nitrogens is 1. The zero-order chi connectivity index (χ0) is 14.4. The van der Waals surface area contributed by atoms with Crippen molar-refractivity contribution in [1.29, 1.82) is 0 Å². The summed E-state index contributed by atoms with van der Waals surface area (Å²) in [4.78, 5) is 10.9. The average molecular weight is 276 g/mol. The van der Waals surface area contributed by atoms with Gasteiger partial charge in [-0.3, -0.25) is 0 Å². The number of guanidine groups is 1. The molecule has 5 nitrogen and oxygen atoms in total. The minimum absolute atomic E-state index is 0.514. The van der Waals surface area contributed by atoms with Gasteiger partial charge < -0.3 is 15.4 Å². The van der Waals surface area contributed by atoms with Gasteiger partial charge in [-0.25, -0.2) is 9.98 Å².